The lowest BCUT2D eigenvalue weighted by Crippen LogP contribution is -1.88. The lowest BCUT2D eigenvalue weighted by Gasteiger charge is -1.94. The number of hydrogen-bond acceptors (Lipinski definition) is 3. The average molecular weight is 276 g/mol. The van der Waals surface area contributed by atoms with E-state index >= 15 is 0 Å². The summed E-state index contributed by atoms with van der Waals surface area (Å²) in [5.74, 6) is 0. The monoisotopic (exact) mass is 275 g/mol. The van der Waals surface area contributed by atoms with Gasteiger partial charge < -0.3 is 0 Å². The quantitative estimate of drug-likeness (QED) is 0.643. The Kier molecular flexibility index (Phi) is 2.16. The highest BCUT2D eigenvalue weighted by Crippen LogP contribution is 2.33. The summed E-state index contributed by atoms with van der Waals surface area (Å²) in [5.41, 5.74) is 0.407. The Hall–Kier alpha value is -1.14. The minimum Gasteiger partial charge on any atom is -0.270 e. The highest BCUT2D eigenvalue weighted by Gasteiger charge is 2.18. The molecular weight excluding hydrogens is 273 g/mol. The summed E-state index contributed by atoms with van der Waals surface area (Å²) in [6.45, 7) is 0. The van der Waals surface area contributed by atoms with Gasteiger partial charge in [0.1, 0.15) is 15.5 Å². The van der Waals surface area contributed by atoms with Crippen molar-refractivity contribution in [3.05, 3.63) is 31.9 Å². The Labute approximate surface area is 91.3 Å². The van der Waals surface area contributed by atoms with E-state index in [9.17, 15) is 10.1 Å². The van der Waals surface area contributed by atoms with E-state index < -0.39 is 4.92 Å². The number of hydrogen-bond donors (Lipinski definition) is 1. The van der Waals surface area contributed by atoms with E-state index in [4.69, 9.17) is 11.6 Å². The first kappa shape index (κ1) is 9.42. The Morgan fingerprint density at radius 2 is 2.29 bits per heavy atom. The summed E-state index contributed by atoms with van der Waals surface area (Å²) in [5, 5.41) is 17.9. The number of nitrogens with zero attached hydrogens (tertiary/aromatic N) is 2. The molecule has 1 N–H and O–H groups in total. The van der Waals surface area contributed by atoms with Crippen LogP contribution in [0.25, 0.3) is 10.9 Å². The lowest BCUT2D eigenvalue weighted by molar-refractivity contribution is -0.383. The second-order valence-corrected chi connectivity index (χ2v) is 3.84. The molecule has 0 radical (unpaired) electrons. The van der Waals surface area contributed by atoms with Crippen molar-refractivity contribution in [3.8, 4) is 0 Å². The predicted molar refractivity (Wildman–Crippen MR) is 55.5 cm³/mol. The molecule has 0 aliphatic carbocycles. The lowest BCUT2D eigenvalue weighted by atomic mass is 10.2. The van der Waals surface area contributed by atoms with Crippen LogP contribution in [-0.4, -0.2) is 15.1 Å². The molecule has 2 rings (SSSR count). The number of aromatic nitrogens is 2. The Morgan fingerprint density at radius 1 is 1.57 bits per heavy atom. The van der Waals surface area contributed by atoms with Gasteiger partial charge in [-0.1, -0.05) is 11.6 Å². The molecule has 14 heavy (non-hydrogen) atoms. The van der Waals surface area contributed by atoms with Crippen molar-refractivity contribution < 1.29 is 4.92 Å². The standard InChI is InChI=1S/C7H3BrClN3O2/c8-7-6-4(10-11-7)1-3(9)2-5(6)12(13)14/h1-2H,(H,10,11). The summed E-state index contributed by atoms with van der Waals surface area (Å²) in [4.78, 5) is 10.2. The van der Waals surface area contributed by atoms with Crippen LogP contribution in [0, 0.1) is 10.1 Å². The van der Waals surface area contributed by atoms with Crippen molar-refractivity contribution in [1.29, 1.82) is 0 Å². The highest BCUT2D eigenvalue weighted by molar-refractivity contribution is 9.10. The Morgan fingerprint density at radius 3 is 2.93 bits per heavy atom. The van der Waals surface area contributed by atoms with Crippen molar-refractivity contribution in [2.45, 2.75) is 0 Å². The molecule has 0 spiro atoms. The number of benzene rings is 1. The number of nitro groups is 1. The van der Waals surface area contributed by atoms with Crippen molar-refractivity contribution >= 4 is 44.1 Å². The van der Waals surface area contributed by atoms with E-state index in [0.29, 0.717) is 20.5 Å². The number of non-ortho nitro benzene ring substituents is 1. The molecule has 72 valence electrons. The van der Waals surface area contributed by atoms with Crippen molar-refractivity contribution in [1.82, 2.24) is 10.2 Å². The third-order valence-electron chi connectivity index (χ3n) is 1.75. The van der Waals surface area contributed by atoms with Crippen LogP contribution in [0.15, 0.2) is 16.7 Å². The zero-order chi connectivity index (χ0) is 10.3. The first-order chi connectivity index (χ1) is 6.59. The highest BCUT2D eigenvalue weighted by atomic mass is 79.9. The predicted octanol–water partition coefficient (Wildman–Crippen LogP) is 2.89. The van der Waals surface area contributed by atoms with Crippen LogP contribution in [0.1, 0.15) is 0 Å². The van der Waals surface area contributed by atoms with Crippen LogP contribution >= 0.6 is 27.5 Å². The minimum absolute atomic E-state index is 0.0619. The van der Waals surface area contributed by atoms with Crippen LogP contribution in [0.4, 0.5) is 5.69 Å². The largest absolute Gasteiger partial charge is 0.283 e. The van der Waals surface area contributed by atoms with Crippen LogP contribution in [0.2, 0.25) is 5.02 Å². The van der Waals surface area contributed by atoms with E-state index in [1.165, 1.54) is 6.07 Å². The summed E-state index contributed by atoms with van der Waals surface area (Å²) >= 11 is 8.85. The Bertz CT molecular complexity index is 525. The number of H-pyrrole nitrogens is 1. The maximum Gasteiger partial charge on any atom is 0.283 e. The summed E-state index contributed by atoms with van der Waals surface area (Å²) in [7, 11) is 0. The summed E-state index contributed by atoms with van der Waals surface area (Å²) in [6.07, 6.45) is 0. The number of nitro benzene ring substituents is 1. The molecule has 0 atom stereocenters. The maximum absolute atomic E-state index is 10.7. The van der Waals surface area contributed by atoms with Gasteiger partial charge in [-0.15, -0.1) is 0 Å². The minimum atomic E-state index is -0.492. The molecule has 0 aliphatic rings. The smallest absolute Gasteiger partial charge is 0.270 e. The summed E-state index contributed by atoms with van der Waals surface area (Å²) in [6, 6.07) is 2.86. The van der Waals surface area contributed by atoms with E-state index in [2.05, 4.69) is 26.1 Å². The van der Waals surface area contributed by atoms with Gasteiger partial charge in [-0.05, 0) is 22.0 Å². The molecular formula is C7H3BrClN3O2. The van der Waals surface area contributed by atoms with Gasteiger partial charge >= 0.3 is 0 Å². The SMILES string of the molecule is O=[N+]([O-])c1cc(Cl)cc2n[nH]c(Br)c12. The molecule has 1 aromatic heterocycles. The van der Waals surface area contributed by atoms with Gasteiger partial charge in [-0.25, -0.2) is 0 Å². The molecule has 0 aliphatic heterocycles. The number of fused-ring (bicyclic) bond motifs is 1. The zero-order valence-electron chi connectivity index (χ0n) is 6.62. The van der Waals surface area contributed by atoms with Crippen LogP contribution in [0.5, 0.6) is 0 Å². The van der Waals surface area contributed by atoms with E-state index in [-0.39, 0.29) is 5.69 Å². The molecule has 7 heteroatoms. The molecule has 0 saturated heterocycles. The van der Waals surface area contributed by atoms with Gasteiger partial charge in [0.25, 0.3) is 5.69 Å². The topological polar surface area (TPSA) is 71.8 Å². The molecule has 1 aromatic carbocycles. The van der Waals surface area contributed by atoms with Gasteiger partial charge in [-0.3, -0.25) is 15.2 Å². The van der Waals surface area contributed by atoms with Crippen LogP contribution < -0.4 is 0 Å². The summed E-state index contributed by atoms with van der Waals surface area (Å²) < 4.78 is 0.482. The number of halogens is 2. The average Bonchev–Trinajstić information content (AvgIpc) is 2.46. The van der Waals surface area contributed by atoms with E-state index in [1.807, 2.05) is 0 Å². The number of aromatic amines is 1. The van der Waals surface area contributed by atoms with Crippen LogP contribution in [0.3, 0.4) is 0 Å². The number of nitrogens with one attached hydrogen (secondary N) is 1. The molecule has 5 nitrogen and oxygen atoms in total. The third kappa shape index (κ3) is 1.36. The fraction of sp³-hybridized carbons (Fsp3) is 0. The molecule has 2 aromatic rings. The fourth-order valence-electron chi connectivity index (χ4n) is 1.20. The van der Waals surface area contributed by atoms with Gasteiger partial charge in [0, 0.05) is 11.1 Å². The molecule has 0 bridgehead atoms. The first-order valence-electron chi connectivity index (χ1n) is 3.57. The van der Waals surface area contributed by atoms with Crippen molar-refractivity contribution in [2.75, 3.05) is 0 Å². The number of rotatable bonds is 1. The second kappa shape index (κ2) is 3.21. The fourth-order valence-corrected chi connectivity index (χ4v) is 1.90. The zero-order valence-corrected chi connectivity index (χ0v) is 8.96. The van der Waals surface area contributed by atoms with Crippen molar-refractivity contribution in [2.24, 2.45) is 0 Å². The maximum atomic E-state index is 10.7. The van der Waals surface area contributed by atoms with Gasteiger partial charge in [0.15, 0.2) is 0 Å². The molecule has 0 fully saturated rings. The van der Waals surface area contributed by atoms with E-state index in [0.717, 1.165) is 0 Å². The molecule has 0 amide bonds. The molecule has 0 saturated carbocycles. The second-order valence-electron chi connectivity index (χ2n) is 2.61. The Balaban J connectivity index is 2.90. The van der Waals surface area contributed by atoms with Gasteiger partial charge in [0.05, 0.1) is 4.92 Å². The third-order valence-corrected chi connectivity index (χ3v) is 2.54. The normalized spacial score (nSPS) is 10.7. The molecule has 1 heterocycles. The van der Waals surface area contributed by atoms with Gasteiger partial charge in [0.2, 0.25) is 0 Å². The van der Waals surface area contributed by atoms with Crippen molar-refractivity contribution in [3.63, 3.8) is 0 Å². The first-order valence-corrected chi connectivity index (χ1v) is 4.74. The van der Waals surface area contributed by atoms with E-state index in [1.54, 1.807) is 6.07 Å². The van der Waals surface area contributed by atoms with Crippen LogP contribution in [-0.2, 0) is 0 Å². The molecule has 0 unspecified atom stereocenters. The van der Waals surface area contributed by atoms with Gasteiger partial charge in [-0.2, -0.15) is 5.10 Å².